The topological polar surface area (TPSA) is 40.5 Å². The minimum absolute atomic E-state index is 0.0486. The maximum atomic E-state index is 11.8. The van der Waals surface area contributed by atoms with Gasteiger partial charge in [0, 0.05) is 13.6 Å². The van der Waals surface area contributed by atoms with Gasteiger partial charge in [0.1, 0.15) is 0 Å². The number of aliphatic hydroxyl groups excluding tert-OH is 1. The minimum atomic E-state index is -0.382. The molecule has 0 bridgehead atoms. The quantitative estimate of drug-likeness (QED) is 0.887. The smallest absolute Gasteiger partial charge is 0.263 e. The highest BCUT2D eigenvalue weighted by Gasteiger charge is 2.13. The van der Waals surface area contributed by atoms with Gasteiger partial charge in [-0.05, 0) is 25.5 Å². The SMILES string of the molecule is CC(O)CCN(C)C(=O)c1ccc(Cl)s1. The summed E-state index contributed by atoms with van der Waals surface area (Å²) < 4.78 is 0.613. The third-order valence-electron chi connectivity index (χ3n) is 2.01. The van der Waals surface area contributed by atoms with Crippen LogP contribution in [0.4, 0.5) is 0 Å². The maximum Gasteiger partial charge on any atom is 0.263 e. The van der Waals surface area contributed by atoms with Crippen molar-refractivity contribution in [3.8, 4) is 0 Å². The van der Waals surface area contributed by atoms with E-state index in [1.54, 1.807) is 31.0 Å². The van der Waals surface area contributed by atoms with E-state index in [9.17, 15) is 4.79 Å². The first-order chi connectivity index (χ1) is 7.00. The van der Waals surface area contributed by atoms with Gasteiger partial charge in [-0.1, -0.05) is 11.6 Å². The third-order valence-corrected chi connectivity index (χ3v) is 3.23. The molecule has 0 spiro atoms. The first kappa shape index (κ1) is 12.5. The number of rotatable bonds is 4. The van der Waals surface area contributed by atoms with Crippen LogP contribution in [0.25, 0.3) is 0 Å². The Balaban J connectivity index is 2.53. The van der Waals surface area contributed by atoms with Gasteiger partial charge in [0.15, 0.2) is 0 Å². The Bertz CT molecular complexity index is 338. The molecule has 5 heteroatoms. The Kier molecular flexibility index (Phi) is 4.57. The van der Waals surface area contributed by atoms with E-state index >= 15 is 0 Å². The van der Waals surface area contributed by atoms with Crippen LogP contribution in [0.15, 0.2) is 12.1 Å². The fraction of sp³-hybridized carbons (Fsp3) is 0.500. The summed E-state index contributed by atoms with van der Waals surface area (Å²) in [5, 5.41) is 9.10. The van der Waals surface area contributed by atoms with E-state index in [1.807, 2.05) is 0 Å². The van der Waals surface area contributed by atoms with E-state index in [4.69, 9.17) is 16.7 Å². The van der Waals surface area contributed by atoms with Crippen molar-refractivity contribution in [3.05, 3.63) is 21.3 Å². The Morgan fingerprint density at radius 2 is 2.33 bits per heavy atom. The molecule has 0 aromatic carbocycles. The molecule has 1 amide bonds. The standard InChI is InChI=1S/C10H14ClNO2S/c1-7(13)5-6-12(2)10(14)8-3-4-9(11)15-8/h3-4,7,13H,5-6H2,1-2H3. The third kappa shape index (κ3) is 3.81. The summed E-state index contributed by atoms with van der Waals surface area (Å²) in [4.78, 5) is 14.0. The fourth-order valence-electron chi connectivity index (χ4n) is 1.10. The summed E-state index contributed by atoms with van der Waals surface area (Å²) in [7, 11) is 1.72. The first-order valence-corrected chi connectivity index (χ1v) is 5.89. The predicted molar refractivity (Wildman–Crippen MR) is 62.6 cm³/mol. The molecule has 0 saturated heterocycles. The molecule has 1 rings (SSSR count). The monoisotopic (exact) mass is 247 g/mol. The molecule has 0 saturated carbocycles. The fourth-order valence-corrected chi connectivity index (χ4v) is 2.14. The van der Waals surface area contributed by atoms with Gasteiger partial charge in [-0.3, -0.25) is 4.79 Å². The van der Waals surface area contributed by atoms with Crippen LogP contribution in [-0.2, 0) is 0 Å². The molecular weight excluding hydrogens is 234 g/mol. The van der Waals surface area contributed by atoms with Crippen molar-refractivity contribution in [1.29, 1.82) is 0 Å². The maximum absolute atomic E-state index is 11.8. The second-order valence-electron chi connectivity index (χ2n) is 3.47. The highest BCUT2D eigenvalue weighted by molar-refractivity contribution is 7.17. The van der Waals surface area contributed by atoms with Crippen LogP contribution in [0.1, 0.15) is 23.0 Å². The lowest BCUT2D eigenvalue weighted by Gasteiger charge is -2.16. The summed E-state index contributed by atoms with van der Waals surface area (Å²) in [6.07, 6.45) is 0.202. The normalized spacial score (nSPS) is 12.5. The van der Waals surface area contributed by atoms with E-state index in [-0.39, 0.29) is 12.0 Å². The number of carbonyl (C=O) groups excluding carboxylic acids is 1. The second kappa shape index (κ2) is 5.49. The number of thiophene rings is 1. The van der Waals surface area contributed by atoms with E-state index < -0.39 is 0 Å². The van der Waals surface area contributed by atoms with E-state index in [0.29, 0.717) is 22.2 Å². The summed E-state index contributed by atoms with van der Waals surface area (Å²) in [5.74, 6) is -0.0486. The highest BCUT2D eigenvalue weighted by atomic mass is 35.5. The lowest BCUT2D eigenvalue weighted by molar-refractivity contribution is 0.0773. The van der Waals surface area contributed by atoms with Crippen LogP contribution in [0, 0.1) is 0 Å². The molecule has 3 nitrogen and oxygen atoms in total. The molecule has 1 N–H and O–H groups in total. The molecule has 0 radical (unpaired) electrons. The van der Waals surface area contributed by atoms with Crippen molar-refractivity contribution in [2.45, 2.75) is 19.4 Å². The summed E-state index contributed by atoms with van der Waals surface area (Å²) in [5.41, 5.74) is 0. The number of hydrogen-bond acceptors (Lipinski definition) is 3. The van der Waals surface area contributed by atoms with Gasteiger partial charge >= 0.3 is 0 Å². The second-order valence-corrected chi connectivity index (χ2v) is 5.18. The van der Waals surface area contributed by atoms with E-state index in [1.165, 1.54) is 11.3 Å². The molecule has 1 heterocycles. The molecule has 0 aliphatic rings. The molecular formula is C10H14ClNO2S. The van der Waals surface area contributed by atoms with Crippen LogP contribution < -0.4 is 0 Å². The molecule has 1 unspecified atom stereocenters. The molecule has 0 aliphatic heterocycles. The van der Waals surface area contributed by atoms with Gasteiger partial charge < -0.3 is 10.0 Å². The number of halogens is 1. The lowest BCUT2D eigenvalue weighted by atomic mass is 10.2. The molecule has 1 atom stereocenters. The molecule has 0 fully saturated rings. The highest BCUT2D eigenvalue weighted by Crippen LogP contribution is 2.22. The first-order valence-electron chi connectivity index (χ1n) is 4.69. The van der Waals surface area contributed by atoms with Crippen LogP contribution in [0.2, 0.25) is 4.34 Å². The molecule has 1 aromatic heterocycles. The van der Waals surface area contributed by atoms with Crippen molar-refractivity contribution in [3.63, 3.8) is 0 Å². The van der Waals surface area contributed by atoms with Gasteiger partial charge in [-0.25, -0.2) is 0 Å². The van der Waals surface area contributed by atoms with Crippen LogP contribution in [0.5, 0.6) is 0 Å². The Hall–Kier alpha value is -0.580. The number of aliphatic hydroxyl groups is 1. The van der Waals surface area contributed by atoms with Gasteiger partial charge in [-0.15, -0.1) is 11.3 Å². The van der Waals surface area contributed by atoms with Gasteiger partial charge in [0.2, 0.25) is 0 Å². The van der Waals surface area contributed by atoms with Crippen molar-refractivity contribution in [2.24, 2.45) is 0 Å². The minimum Gasteiger partial charge on any atom is -0.393 e. The van der Waals surface area contributed by atoms with Gasteiger partial charge in [-0.2, -0.15) is 0 Å². The van der Waals surface area contributed by atoms with Crippen molar-refractivity contribution < 1.29 is 9.90 Å². The van der Waals surface area contributed by atoms with Crippen LogP contribution in [0.3, 0.4) is 0 Å². The predicted octanol–water partition coefficient (Wildman–Crippen LogP) is 2.24. The summed E-state index contributed by atoms with van der Waals surface area (Å²) in [6.45, 7) is 2.26. The Morgan fingerprint density at radius 3 is 2.80 bits per heavy atom. The zero-order chi connectivity index (χ0) is 11.4. The van der Waals surface area contributed by atoms with Gasteiger partial charge in [0.25, 0.3) is 5.91 Å². The Morgan fingerprint density at radius 1 is 1.67 bits per heavy atom. The van der Waals surface area contributed by atoms with Crippen molar-refractivity contribution in [2.75, 3.05) is 13.6 Å². The molecule has 1 aromatic rings. The number of hydrogen-bond donors (Lipinski definition) is 1. The van der Waals surface area contributed by atoms with Crippen molar-refractivity contribution >= 4 is 28.8 Å². The average molecular weight is 248 g/mol. The Labute approximate surface area is 98.3 Å². The van der Waals surface area contributed by atoms with E-state index in [2.05, 4.69) is 0 Å². The average Bonchev–Trinajstić information content (AvgIpc) is 2.60. The zero-order valence-electron chi connectivity index (χ0n) is 8.74. The lowest BCUT2D eigenvalue weighted by Crippen LogP contribution is -2.28. The van der Waals surface area contributed by atoms with Gasteiger partial charge in [0.05, 0.1) is 15.3 Å². The molecule has 84 valence electrons. The summed E-state index contributed by atoms with van der Waals surface area (Å²) >= 11 is 7.01. The van der Waals surface area contributed by atoms with E-state index in [0.717, 1.165) is 0 Å². The number of amides is 1. The van der Waals surface area contributed by atoms with Crippen LogP contribution in [-0.4, -0.2) is 35.6 Å². The zero-order valence-corrected chi connectivity index (χ0v) is 10.3. The molecule has 0 aliphatic carbocycles. The summed E-state index contributed by atoms with van der Waals surface area (Å²) in [6, 6.07) is 3.43. The number of carbonyl (C=O) groups is 1. The number of nitrogens with zero attached hydrogens (tertiary/aromatic N) is 1. The molecule has 15 heavy (non-hydrogen) atoms. The van der Waals surface area contributed by atoms with Crippen LogP contribution >= 0.6 is 22.9 Å². The van der Waals surface area contributed by atoms with Crippen molar-refractivity contribution in [1.82, 2.24) is 4.90 Å². The largest absolute Gasteiger partial charge is 0.393 e.